The smallest absolute Gasteiger partial charge is 0.311 e. The van der Waals surface area contributed by atoms with Gasteiger partial charge in [0, 0.05) is 12.5 Å². The summed E-state index contributed by atoms with van der Waals surface area (Å²) in [4.78, 5) is 11.8. The van der Waals surface area contributed by atoms with Crippen LogP contribution in [0.2, 0.25) is 0 Å². The lowest BCUT2D eigenvalue weighted by Gasteiger charge is -2.13. The summed E-state index contributed by atoms with van der Waals surface area (Å²) < 4.78 is 17.0. The van der Waals surface area contributed by atoms with E-state index in [1.807, 2.05) is 30.3 Å². The van der Waals surface area contributed by atoms with Gasteiger partial charge in [-0.15, -0.1) is 0 Å². The molecule has 0 fully saturated rings. The van der Waals surface area contributed by atoms with Gasteiger partial charge in [0.2, 0.25) is 0 Å². The van der Waals surface area contributed by atoms with Gasteiger partial charge in [-0.1, -0.05) is 44.2 Å². The highest BCUT2D eigenvalue weighted by molar-refractivity contribution is 5.76. The zero-order valence-electron chi connectivity index (χ0n) is 16.0. The molecule has 0 radical (unpaired) electrons. The predicted molar refractivity (Wildman–Crippen MR) is 106 cm³/mol. The summed E-state index contributed by atoms with van der Waals surface area (Å²) in [5, 5.41) is 9.67. The van der Waals surface area contributed by atoms with Crippen molar-refractivity contribution in [3.63, 3.8) is 0 Å². The molecule has 1 aromatic heterocycles. The van der Waals surface area contributed by atoms with Gasteiger partial charge in [0.05, 0.1) is 12.5 Å². The normalized spacial score (nSPS) is 12.0. The van der Waals surface area contributed by atoms with Gasteiger partial charge in [0.15, 0.2) is 0 Å². The molecule has 5 nitrogen and oxygen atoms in total. The summed E-state index contributed by atoms with van der Waals surface area (Å²) >= 11 is 0. The Morgan fingerprint density at radius 1 is 0.964 bits per heavy atom. The van der Waals surface area contributed by atoms with E-state index >= 15 is 0 Å². The van der Waals surface area contributed by atoms with Crippen LogP contribution in [0.25, 0.3) is 0 Å². The molecule has 1 unspecified atom stereocenters. The number of para-hydroxylation sites is 1. The number of ether oxygens (including phenoxy) is 2. The molecule has 0 aliphatic carbocycles. The molecule has 5 heteroatoms. The van der Waals surface area contributed by atoms with Gasteiger partial charge in [0.1, 0.15) is 17.3 Å². The first-order valence-electron chi connectivity index (χ1n) is 9.28. The van der Waals surface area contributed by atoms with E-state index in [1.54, 1.807) is 36.4 Å². The van der Waals surface area contributed by atoms with Gasteiger partial charge < -0.3 is 19.0 Å². The number of furan rings is 1. The van der Waals surface area contributed by atoms with Crippen LogP contribution in [0.5, 0.6) is 17.4 Å². The van der Waals surface area contributed by atoms with Crippen molar-refractivity contribution in [1.82, 2.24) is 0 Å². The predicted octanol–water partition coefficient (Wildman–Crippen LogP) is 5.52. The van der Waals surface area contributed by atoms with E-state index in [9.17, 15) is 9.90 Å². The molecule has 1 atom stereocenters. The maximum Gasteiger partial charge on any atom is 0.311 e. The third-order valence-corrected chi connectivity index (χ3v) is 4.17. The first kappa shape index (κ1) is 19.5. The minimum Gasteiger partial charge on any atom is -0.493 e. The Kier molecular flexibility index (Phi) is 6.37. The van der Waals surface area contributed by atoms with Crippen molar-refractivity contribution in [2.45, 2.75) is 26.2 Å². The summed E-state index contributed by atoms with van der Waals surface area (Å²) in [6.45, 7) is 4.78. The van der Waals surface area contributed by atoms with Crippen LogP contribution in [-0.2, 0) is 11.2 Å². The second-order valence-electron chi connectivity index (χ2n) is 7.00. The second-order valence-corrected chi connectivity index (χ2v) is 7.00. The second kappa shape index (κ2) is 9.13. The number of carboxylic acids is 1. The lowest BCUT2D eigenvalue weighted by atomic mass is 9.95. The van der Waals surface area contributed by atoms with E-state index in [4.69, 9.17) is 13.9 Å². The Morgan fingerprint density at radius 3 is 2.32 bits per heavy atom. The summed E-state index contributed by atoms with van der Waals surface area (Å²) in [6.07, 6.45) is 0.236. The van der Waals surface area contributed by atoms with E-state index in [-0.39, 0.29) is 6.42 Å². The molecule has 0 bridgehead atoms. The Balaban J connectivity index is 1.67. The molecule has 28 heavy (non-hydrogen) atoms. The minimum atomic E-state index is -0.905. The minimum absolute atomic E-state index is 0.236. The zero-order valence-corrected chi connectivity index (χ0v) is 16.0. The molecule has 3 aromatic rings. The van der Waals surface area contributed by atoms with Crippen LogP contribution < -0.4 is 9.47 Å². The van der Waals surface area contributed by atoms with Gasteiger partial charge >= 0.3 is 5.97 Å². The highest BCUT2D eigenvalue weighted by Crippen LogP contribution is 2.28. The first-order valence-corrected chi connectivity index (χ1v) is 9.28. The fourth-order valence-electron chi connectivity index (χ4n) is 2.74. The lowest BCUT2D eigenvalue weighted by Crippen LogP contribution is -2.14. The average Bonchev–Trinajstić information content (AvgIpc) is 3.12. The summed E-state index contributed by atoms with van der Waals surface area (Å²) in [7, 11) is 0. The summed E-state index contributed by atoms with van der Waals surface area (Å²) in [6, 6.07) is 19.9. The number of aliphatic carboxylic acids is 1. The van der Waals surface area contributed by atoms with Crippen LogP contribution in [0.3, 0.4) is 0 Å². The van der Waals surface area contributed by atoms with Crippen molar-refractivity contribution in [1.29, 1.82) is 0 Å². The van der Waals surface area contributed by atoms with Gasteiger partial charge in [0.25, 0.3) is 5.95 Å². The van der Waals surface area contributed by atoms with Gasteiger partial charge in [-0.25, -0.2) is 0 Å². The summed E-state index contributed by atoms with van der Waals surface area (Å²) in [5.41, 5.74) is 0.700. The van der Waals surface area contributed by atoms with Gasteiger partial charge in [-0.2, -0.15) is 0 Å². The van der Waals surface area contributed by atoms with E-state index < -0.39 is 11.9 Å². The number of hydrogen-bond donors (Lipinski definition) is 1. The molecular formula is C23H24O5. The van der Waals surface area contributed by atoms with Crippen molar-refractivity contribution in [3.8, 4) is 17.4 Å². The molecule has 0 spiro atoms. The molecular weight excluding hydrogens is 356 g/mol. The Morgan fingerprint density at radius 2 is 1.68 bits per heavy atom. The Bertz CT molecular complexity index is 881. The molecule has 0 saturated carbocycles. The van der Waals surface area contributed by atoms with Crippen LogP contribution in [-0.4, -0.2) is 17.7 Å². The standard InChI is InChI=1S/C23H24O5/c1-16(2)15-26-18-10-8-17(9-11-18)21(23(24)25)14-20-12-13-22(28-20)27-19-6-4-3-5-7-19/h3-13,16,21H,14-15H2,1-2H3,(H,24,25). The number of carboxylic acid groups (broad SMARTS) is 1. The number of benzene rings is 2. The topological polar surface area (TPSA) is 68.9 Å². The highest BCUT2D eigenvalue weighted by Gasteiger charge is 2.22. The van der Waals surface area contributed by atoms with Crippen LogP contribution in [0, 0.1) is 5.92 Å². The molecule has 1 N–H and O–H groups in total. The van der Waals surface area contributed by atoms with Crippen LogP contribution in [0.1, 0.15) is 31.1 Å². The number of hydrogen-bond acceptors (Lipinski definition) is 4. The highest BCUT2D eigenvalue weighted by atomic mass is 16.6. The maximum absolute atomic E-state index is 11.8. The molecule has 146 valence electrons. The van der Waals surface area contributed by atoms with E-state index in [2.05, 4.69) is 13.8 Å². The van der Waals surface area contributed by atoms with Crippen molar-refractivity contribution < 1.29 is 23.8 Å². The lowest BCUT2D eigenvalue weighted by molar-refractivity contribution is -0.138. The molecule has 1 heterocycles. The van der Waals surface area contributed by atoms with Crippen molar-refractivity contribution >= 4 is 5.97 Å². The fourth-order valence-corrected chi connectivity index (χ4v) is 2.74. The van der Waals surface area contributed by atoms with E-state index in [1.165, 1.54) is 0 Å². The SMILES string of the molecule is CC(C)COc1ccc(C(Cc2ccc(Oc3ccccc3)o2)C(=O)O)cc1. The van der Waals surface area contributed by atoms with Crippen LogP contribution >= 0.6 is 0 Å². The van der Waals surface area contributed by atoms with E-state index in [0.717, 1.165) is 5.75 Å². The molecule has 0 saturated heterocycles. The average molecular weight is 380 g/mol. The van der Waals surface area contributed by atoms with Gasteiger partial charge in [-0.3, -0.25) is 4.79 Å². The van der Waals surface area contributed by atoms with E-state index in [0.29, 0.717) is 35.5 Å². The largest absolute Gasteiger partial charge is 0.493 e. The summed E-state index contributed by atoms with van der Waals surface area (Å²) in [5.74, 6) is 1.10. The van der Waals surface area contributed by atoms with Crippen molar-refractivity contribution in [2.75, 3.05) is 6.61 Å². The third-order valence-electron chi connectivity index (χ3n) is 4.17. The van der Waals surface area contributed by atoms with Crippen LogP contribution in [0.15, 0.2) is 71.1 Å². The number of carbonyl (C=O) groups is 1. The first-order chi connectivity index (χ1) is 13.5. The van der Waals surface area contributed by atoms with Crippen LogP contribution in [0.4, 0.5) is 0 Å². The van der Waals surface area contributed by atoms with Gasteiger partial charge in [-0.05, 0) is 41.8 Å². The van der Waals surface area contributed by atoms with Crippen molar-refractivity contribution in [3.05, 3.63) is 78.1 Å². The monoisotopic (exact) mass is 380 g/mol. The third kappa shape index (κ3) is 5.39. The maximum atomic E-state index is 11.8. The molecule has 3 rings (SSSR count). The molecule has 0 aliphatic rings. The Hall–Kier alpha value is -3.21. The molecule has 2 aromatic carbocycles. The zero-order chi connectivity index (χ0) is 19.9. The van der Waals surface area contributed by atoms with Crippen molar-refractivity contribution in [2.24, 2.45) is 5.92 Å². The Labute approximate surface area is 164 Å². The molecule has 0 amide bonds. The molecule has 0 aliphatic heterocycles. The quantitative estimate of drug-likeness (QED) is 0.529. The number of rotatable bonds is 9. The fraction of sp³-hybridized carbons (Fsp3) is 0.261.